The van der Waals surface area contributed by atoms with E-state index in [0.717, 1.165) is 12.0 Å². The second-order valence-corrected chi connectivity index (χ2v) is 7.01. The van der Waals surface area contributed by atoms with Crippen molar-refractivity contribution in [3.05, 3.63) is 58.7 Å². The monoisotopic (exact) mass is 295 g/mol. The Bertz CT molecular complexity index is 702. The van der Waals surface area contributed by atoms with E-state index in [2.05, 4.69) is 69.3 Å². The number of aliphatic hydroxyl groups is 1. The maximum atomic E-state index is 10.4. The van der Waals surface area contributed by atoms with Gasteiger partial charge < -0.3 is 10.0 Å². The summed E-state index contributed by atoms with van der Waals surface area (Å²) < 4.78 is 0. The summed E-state index contributed by atoms with van der Waals surface area (Å²) in [6, 6.07) is 6.58. The third-order valence-corrected chi connectivity index (χ3v) is 4.90. The van der Waals surface area contributed by atoms with Crippen LogP contribution in [-0.4, -0.2) is 25.3 Å². The van der Waals surface area contributed by atoms with Gasteiger partial charge in [0, 0.05) is 25.2 Å². The van der Waals surface area contributed by atoms with E-state index >= 15 is 0 Å². The Labute approximate surface area is 133 Å². The van der Waals surface area contributed by atoms with Crippen molar-refractivity contribution in [1.29, 1.82) is 0 Å². The molecule has 0 bridgehead atoms. The number of hydrogen-bond donors (Lipinski definition) is 1. The first-order chi connectivity index (χ1) is 10.3. The lowest BCUT2D eigenvalue weighted by Gasteiger charge is -2.40. The average molecular weight is 295 g/mol. The van der Waals surface area contributed by atoms with Gasteiger partial charge in [-0.2, -0.15) is 0 Å². The Morgan fingerprint density at radius 2 is 1.95 bits per heavy atom. The van der Waals surface area contributed by atoms with Crippen molar-refractivity contribution >= 4 is 11.3 Å². The number of benzene rings is 1. The SMILES string of the molecule is CC(O)C1=C2C=CCC=C2C(C)(C)c2cc(N(C)C)ccc21. The van der Waals surface area contributed by atoms with Crippen molar-refractivity contribution in [2.45, 2.75) is 38.7 Å². The molecule has 2 nitrogen and oxygen atoms in total. The lowest BCUT2D eigenvalue weighted by Crippen LogP contribution is -2.30. The van der Waals surface area contributed by atoms with Gasteiger partial charge in [-0.15, -0.1) is 0 Å². The number of hydrogen-bond acceptors (Lipinski definition) is 2. The molecule has 1 aromatic rings. The number of rotatable bonds is 2. The first-order valence-electron chi connectivity index (χ1n) is 7.96. The quantitative estimate of drug-likeness (QED) is 0.889. The zero-order valence-corrected chi connectivity index (χ0v) is 14.1. The molecule has 22 heavy (non-hydrogen) atoms. The van der Waals surface area contributed by atoms with Gasteiger partial charge in [-0.3, -0.25) is 0 Å². The number of aliphatic hydroxyl groups excluding tert-OH is 1. The minimum absolute atomic E-state index is 0.0418. The van der Waals surface area contributed by atoms with Crippen LogP contribution in [0.3, 0.4) is 0 Å². The van der Waals surface area contributed by atoms with Crippen LogP contribution in [0, 0.1) is 0 Å². The molecule has 1 atom stereocenters. The molecular weight excluding hydrogens is 270 g/mol. The van der Waals surface area contributed by atoms with E-state index in [-0.39, 0.29) is 5.41 Å². The van der Waals surface area contributed by atoms with Crippen molar-refractivity contribution in [2.24, 2.45) is 0 Å². The van der Waals surface area contributed by atoms with Gasteiger partial charge in [0.2, 0.25) is 0 Å². The summed E-state index contributed by atoms with van der Waals surface area (Å²) in [4.78, 5) is 2.13. The molecule has 0 aromatic heterocycles. The standard InChI is InChI=1S/C20H25NO/c1-13(22)19-15-8-6-7-9-17(15)20(2,3)18-12-14(21(4)5)10-11-16(18)19/h6,8-13,22H,7H2,1-5H3. The fraction of sp³-hybridized carbons (Fsp3) is 0.400. The third kappa shape index (κ3) is 2.14. The molecule has 0 spiro atoms. The Balaban J connectivity index is 2.34. The maximum Gasteiger partial charge on any atom is 0.0773 e. The first kappa shape index (κ1) is 15.1. The molecule has 0 saturated heterocycles. The molecule has 1 aromatic carbocycles. The second kappa shape index (κ2) is 5.13. The number of fused-ring (bicyclic) bond motifs is 2. The van der Waals surface area contributed by atoms with Crippen LogP contribution in [-0.2, 0) is 5.41 Å². The Morgan fingerprint density at radius 3 is 2.59 bits per heavy atom. The minimum Gasteiger partial charge on any atom is -0.389 e. The molecule has 2 aliphatic carbocycles. The molecule has 2 aliphatic rings. The van der Waals surface area contributed by atoms with Gasteiger partial charge in [0.15, 0.2) is 0 Å². The zero-order valence-electron chi connectivity index (χ0n) is 14.1. The van der Waals surface area contributed by atoms with Crippen LogP contribution in [0.5, 0.6) is 0 Å². The van der Waals surface area contributed by atoms with Crippen LogP contribution in [0.2, 0.25) is 0 Å². The van der Waals surface area contributed by atoms with Gasteiger partial charge in [-0.1, -0.05) is 38.1 Å². The summed E-state index contributed by atoms with van der Waals surface area (Å²) in [5.74, 6) is 0. The fourth-order valence-electron chi connectivity index (χ4n) is 3.70. The number of anilines is 1. The van der Waals surface area contributed by atoms with Gasteiger partial charge in [0.1, 0.15) is 0 Å². The van der Waals surface area contributed by atoms with Crippen LogP contribution in [0.15, 0.2) is 47.6 Å². The lowest BCUT2D eigenvalue weighted by atomic mass is 9.64. The predicted octanol–water partition coefficient (Wildman–Crippen LogP) is 4.06. The third-order valence-electron chi connectivity index (χ3n) is 4.90. The van der Waals surface area contributed by atoms with Crippen molar-refractivity contribution in [1.82, 2.24) is 0 Å². The summed E-state index contributed by atoms with van der Waals surface area (Å²) >= 11 is 0. The average Bonchev–Trinajstić information content (AvgIpc) is 2.47. The summed E-state index contributed by atoms with van der Waals surface area (Å²) in [7, 11) is 4.13. The van der Waals surface area contributed by atoms with Gasteiger partial charge >= 0.3 is 0 Å². The van der Waals surface area contributed by atoms with E-state index in [4.69, 9.17) is 0 Å². The number of allylic oxidation sites excluding steroid dienone is 5. The molecular formula is C20H25NO. The van der Waals surface area contributed by atoms with E-state index in [1.54, 1.807) is 0 Å². The Hall–Kier alpha value is -1.80. The molecule has 0 aliphatic heterocycles. The van der Waals surface area contributed by atoms with E-state index in [9.17, 15) is 5.11 Å². The van der Waals surface area contributed by atoms with Crippen molar-refractivity contribution in [2.75, 3.05) is 19.0 Å². The summed E-state index contributed by atoms with van der Waals surface area (Å²) in [6.45, 7) is 6.44. The van der Waals surface area contributed by atoms with Crippen molar-refractivity contribution < 1.29 is 5.11 Å². The Morgan fingerprint density at radius 1 is 1.23 bits per heavy atom. The molecule has 0 radical (unpaired) electrons. The van der Waals surface area contributed by atoms with Crippen molar-refractivity contribution in [3.8, 4) is 0 Å². The van der Waals surface area contributed by atoms with Crippen LogP contribution < -0.4 is 4.90 Å². The molecule has 0 fully saturated rings. The minimum atomic E-state index is -0.471. The molecule has 1 N–H and O–H groups in total. The highest BCUT2D eigenvalue weighted by Gasteiger charge is 2.37. The highest BCUT2D eigenvalue weighted by Crippen LogP contribution is 2.49. The number of nitrogens with zero attached hydrogens (tertiary/aromatic N) is 1. The largest absolute Gasteiger partial charge is 0.389 e. The normalized spacial score (nSPS) is 20.2. The van der Waals surface area contributed by atoms with Crippen LogP contribution in [0.1, 0.15) is 38.3 Å². The van der Waals surface area contributed by atoms with E-state index in [0.29, 0.717) is 0 Å². The van der Waals surface area contributed by atoms with E-state index in [1.807, 2.05) is 6.92 Å². The van der Waals surface area contributed by atoms with Gasteiger partial charge in [-0.25, -0.2) is 0 Å². The molecule has 116 valence electrons. The van der Waals surface area contributed by atoms with Crippen LogP contribution in [0.25, 0.3) is 5.57 Å². The topological polar surface area (TPSA) is 23.5 Å². The second-order valence-electron chi connectivity index (χ2n) is 7.01. The summed E-state index contributed by atoms with van der Waals surface area (Å²) in [5, 5.41) is 10.4. The molecule has 1 unspecified atom stereocenters. The van der Waals surface area contributed by atoms with E-state index < -0.39 is 6.10 Å². The fourth-order valence-corrected chi connectivity index (χ4v) is 3.70. The smallest absolute Gasteiger partial charge is 0.0773 e. The summed E-state index contributed by atoms with van der Waals surface area (Å²) in [6.07, 6.45) is 7.17. The Kier molecular flexibility index (Phi) is 3.53. The highest BCUT2D eigenvalue weighted by molar-refractivity contribution is 5.86. The highest BCUT2D eigenvalue weighted by atomic mass is 16.3. The van der Waals surface area contributed by atoms with Crippen LogP contribution >= 0.6 is 0 Å². The van der Waals surface area contributed by atoms with Crippen LogP contribution in [0.4, 0.5) is 5.69 Å². The summed E-state index contributed by atoms with van der Waals surface area (Å²) in [5.41, 5.74) is 7.25. The molecule has 0 heterocycles. The maximum absolute atomic E-state index is 10.4. The lowest BCUT2D eigenvalue weighted by molar-refractivity contribution is 0.252. The zero-order chi connectivity index (χ0) is 16.1. The molecule has 0 saturated carbocycles. The molecule has 3 rings (SSSR count). The van der Waals surface area contributed by atoms with E-state index in [1.165, 1.54) is 28.0 Å². The van der Waals surface area contributed by atoms with Crippen molar-refractivity contribution in [3.63, 3.8) is 0 Å². The first-order valence-corrected chi connectivity index (χ1v) is 7.96. The van der Waals surface area contributed by atoms with Gasteiger partial charge in [-0.05, 0) is 53.3 Å². The predicted molar refractivity (Wildman–Crippen MR) is 94.2 cm³/mol. The van der Waals surface area contributed by atoms with Gasteiger partial charge in [0.05, 0.1) is 6.10 Å². The molecule has 0 amide bonds. The molecule has 2 heteroatoms. The van der Waals surface area contributed by atoms with Gasteiger partial charge in [0.25, 0.3) is 0 Å².